The molecule has 1 heterocycles. The quantitative estimate of drug-likeness (QED) is 0.548. The molecule has 1 unspecified atom stereocenters. The van der Waals surface area contributed by atoms with E-state index in [0.717, 1.165) is 0 Å². The lowest BCUT2D eigenvalue weighted by Gasteiger charge is -2.54. The SMILES string of the molecule is CC1=C(OS(=O)(=O)C(F)(F)F)C(C)(C)C2(CC1)COC(C)(C)CO2. The molecule has 1 aliphatic heterocycles. The van der Waals surface area contributed by atoms with E-state index in [1.165, 1.54) is 0 Å². The highest BCUT2D eigenvalue weighted by Crippen LogP contribution is 2.53. The van der Waals surface area contributed by atoms with Gasteiger partial charge in [-0.15, -0.1) is 0 Å². The van der Waals surface area contributed by atoms with Crippen LogP contribution in [0.2, 0.25) is 0 Å². The Labute approximate surface area is 140 Å². The second kappa shape index (κ2) is 5.60. The highest BCUT2D eigenvalue weighted by Gasteiger charge is 2.58. The molecule has 0 saturated carbocycles. The molecule has 5 nitrogen and oxygen atoms in total. The Morgan fingerprint density at radius 3 is 2.12 bits per heavy atom. The molecule has 24 heavy (non-hydrogen) atoms. The Morgan fingerprint density at radius 2 is 1.67 bits per heavy atom. The molecule has 0 aromatic carbocycles. The fourth-order valence-electron chi connectivity index (χ4n) is 3.10. The zero-order valence-corrected chi connectivity index (χ0v) is 15.2. The second-order valence-corrected chi connectivity index (χ2v) is 9.09. The first kappa shape index (κ1) is 19.5. The summed E-state index contributed by atoms with van der Waals surface area (Å²) in [7, 11) is -5.73. The maximum Gasteiger partial charge on any atom is 0.534 e. The van der Waals surface area contributed by atoms with Crippen LogP contribution in [-0.2, 0) is 23.8 Å². The molecule has 0 aromatic heterocycles. The lowest BCUT2D eigenvalue weighted by atomic mass is 9.65. The van der Waals surface area contributed by atoms with Gasteiger partial charge < -0.3 is 13.7 Å². The van der Waals surface area contributed by atoms with Crippen molar-refractivity contribution in [3.8, 4) is 0 Å². The van der Waals surface area contributed by atoms with Gasteiger partial charge in [0.1, 0.15) is 11.4 Å². The minimum absolute atomic E-state index is 0.152. The van der Waals surface area contributed by atoms with Crippen LogP contribution in [0.5, 0.6) is 0 Å². The van der Waals surface area contributed by atoms with Crippen LogP contribution in [0.15, 0.2) is 11.3 Å². The van der Waals surface area contributed by atoms with Crippen molar-refractivity contribution in [2.24, 2.45) is 5.41 Å². The van der Waals surface area contributed by atoms with Crippen LogP contribution in [-0.4, -0.2) is 38.3 Å². The first-order valence-electron chi connectivity index (χ1n) is 7.63. The number of halogens is 3. The molecule has 1 aliphatic carbocycles. The van der Waals surface area contributed by atoms with Crippen molar-refractivity contribution in [2.45, 2.75) is 64.2 Å². The smallest absolute Gasteiger partial charge is 0.380 e. The summed E-state index contributed by atoms with van der Waals surface area (Å²) < 4.78 is 77.4. The van der Waals surface area contributed by atoms with Gasteiger partial charge in [-0.05, 0) is 53.0 Å². The van der Waals surface area contributed by atoms with Crippen molar-refractivity contribution in [1.82, 2.24) is 0 Å². The van der Waals surface area contributed by atoms with Crippen LogP contribution in [0.4, 0.5) is 13.2 Å². The van der Waals surface area contributed by atoms with Crippen LogP contribution in [0, 0.1) is 5.41 Å². The van der Waals surface area contributed by atoms with Crippen molar-refractivity contribution >= 4 is 10.1 Å². The zero-order valence-electron chi connectivity index (χ0n) is 14.4. The van der Waals surface area contributed by atoms with E-state index in [9.17, 15) is 21.6 Å². The minimum atomic E-state index is -5.73. The van der Waals surface area contributed by atoms with E-state index >= 15 is 0 Å². The van der Waals surface area contributed by atoms with Gasteiger partial charge in [0, 0.05) is 0 Å². The number of hydrogen-bond acceptors (Lipinski definition) is 5. The summed E-state index contributed by atoms with van der Waals surface area (Å²) in [6, 6.07) is 0. The van der Waals surface area contributed by atoms with E-state index in [-0.39, 0.29) is 19.0 Å². The monoisotopic (exact) mass is 372 g/mol. The fourth-order valence-corrected chi connectivity index (χ4v) is 3.76. The van der Waals surface area contributed by atoms with E-state index in [1.807, 2.05) is 13.8 Å². The van der Waals surface area contributed by atoms with Crippen molar-refractivity contribution in [3.63, 3.8) is 0 Å². The Balaban J connectivity index is 2.39. The van der Waals surface area contributed by atoms with Crippen LogP contribution >= 0.6 is 0 Å². The van der Waals surface area contributed by atoms with Gasteiger partial charge >= 0.3 is 15.6 Å². The molecule has 140 valence electrons. The number of hydrogen-bond donors (Lipinski definition) is 0. The lowest BCUT2D eigenvalue weighted by molar-refractivity contribution is -0.261. The maximum atomic E-state index is 12.7. The third-order valence-electron chi connectivity index (χ3n) is 4.87. The number of alkyl halides is 3. The van der Waals surface area contributed by atoms with Gasteiger partial charge in [-0.25, -0.2) is 0 Å². The highest BCUT2D eigenvalue weighted by atomic mass is 32.2. The van der Waals surface area contributed by atoms with Gasteiger partial charge in [0.05, 0.1) is 24.2 Å². The first-order chi connectivity index (χ1) is 10.6. The molecular formula is C15H23F3O5S. The molecule has 0 radical (unpaired) electrons. The van der Waals surface area contributed by atoms with Gasteiger partial charge in [-0.2, -0.15) is 21.6 Å². The molecule has 1 saturated heterocycles. The second-order valence-electron chi connectivity index (χ2n) is 7.55. The summed E-state index contributed by atoms with van der Waals surface area (Å²) in [4.78, 5) is 0. The summed E-state index contributed by atoms with van der Waals surface area (Å²) in [5, 5.41) is 0. The predicted octanol–water partition coefficient (Wildman–Crippen LogP) is 3.51. The van der Waals surface area contributed by atoms with Crippen molar-refractivity contribution in [1.29, 1.82) is 0 Å². The van der Waals surface area contributed by atoms with Gasteiger partial charge in [0.2, 0.25) is 0 Å². The molecule has 0 bridgehead atoms. The van der Waals surface area contributed by atoms with Gasteiger partial charge in [-0.3, -0.25) is 0 Å². The molecule has 0 N–H and O–H groups in total. The van der Waals surface area contributed by atoms with Crippen molar-refractivity contribution in [3.05, 3.63) is 11.3 Å². The van der Waals surface area contributed by atoms with Crippen LogP contribution < -0.4 is 0 Å². The largest absolute Gasteiger partial charge is 0.534 e. The Bertz CT molecular complexity index is 637. The maximum absolute atomic E-state index is 12.7. The summed E-state index contributed by atoms with van der Waals surface area (Å²) in [5.74, 6) is -0.214. The molecule has 2 aliphatic rings. The summed E-state index contributed by atoms with van der Waals surface area (Å²) >= 11 is 0. The van der Waals surface area contributed by atoms with E-state index in [2.05, 4.69) is 4.18 Å². The van der Waals surface area contributed by atoms with Gasteiger partial charge in [-0.1, -0.05) is 0 Å². The average molecular weight is 372 g/mol. The molecule has 1 spiro atoms. The zero-order chi connectivity index (χ0) is 18.6. The fraction of sp³-hybridized carbons (Fsp3) is 0.867. The van der Waals surface area contributed by atoms with Gasteiger partial charge in [0.25, 0.3) is 0 Å². The third kappa shape index (κ3) is 3.17. The number of allylic oxidation sites excluding steroid dienone is 1. The third-order valence-corrected chi connectivity index (χ3v) is 5.82. The van der Waals surface area contributed by atoms with E-state index in [1.54, 1.807) is 20.8 Å². The average Bonchev–Trinajstić information content (AvgIpc) is 2.41. The molecule has 0 amide bonds. The number of ether oxygens (including phenoxy) is 2. The van der Waals surface area contributed by atoms with E-state index in [4.69, 9.17) is 9.47 Å². The normalized spacial score (nSPS) is 30.5. The number of rotatable bonds is 2. The van der Waals surface area contributed by atoms with Crippen molar-refractivity contribution in [2.75, 3.05) is 13.2 Å². The Hall–Kier alpha value is -0.800. The van der Waals surface area contributed by atoms with E-state index in [0.29, 0.717) is 18.4 Å². The summed E-state index contributed by atoms with van der Waals surface area (Å²) in [6.45, 7) is 8.93. The molecule has 0 aromatic rings. The van der Waals surface area contributed by atoms with Crippen LogP contribution in [0.1, 0.15) is 47.5 Å². The Kier molecular flexibility index (Phi) is 4.56. The predicted molar refractivity (Wildman–Crippen MR) is 80.5 cm³/mol. The molecule has 1 fully saturated rings. The molecule has 1 atom stereocenters. The Morgan fingerprint density at radius 1 is 1.08 bits per heavy atom. The van der Waals surface area contributed by atoms with Gasteiger partial charge in [0.15, 0.2) is 0 Å². The summed E-state index contributed by atoms with van der Waals surface area (Å²) in [5.41, 5.74) is -7.54. The topological polar surface area (TPSA) is 61.8 Å². The highest BCUT2D eigenvalue weighted by molar-refractivity contribution is 7.87. The first-order valence-corrected chi connectivity index (χ1v) is 9.03. The molecule has 2 rings (SSSR count). The molecular weight excluding hydrogens is 349 g/mol. The van der Waals surface area contributed by atoms with Crippen molar-refractivity contribution < 1.29 is 35.2 Å². The minimum Gasteiger partial charge on any atom is -0.380 e. The van der Waals surface area contributed by atoms with Crippen LogP contribution in [0.25, 0.3) is 0 Å². The lowest BCUT2D eigenvalue weighted by Crippen LogP contribution is -2.60. The molecule has 9 heteroatoms. The summed E-state index contributed by atoms with van der Waals surface area (Å²) in [6.07, 6.45) is 0.886. The standard InChI is InChI=1S/C15H23F3O5S/c1-10-6-7-14(9-21-12(2,3)8-22-14)13(4,5)11(10)23-24(19,20)15(16,17)18/h6-9H2,1-5H3. The van der Waals surface area contributed by atoms with Crippen LogP contribution in [0.3, 0.4) is 0 Å². The van der Waals surface area contributed by atoms with E-state index < -0.39 is 32.2 Å².